The summed E-state index contributed by atoms with van der Waals surface area (Å²) in [5.74, 6) is 2.52. The van der Waals surface area contributed by atoms with E-state index in [9.17, 15) is 0 Å². The van der Waals surface area contributed by atoms with E-state index < -0.39 is 0 Å². The molecule has 1 fully saturated rings. The summed E-state index contributed by atoms with van der Waals surface area (Å²) >= 11 is 0. The topological polar surface area (TPSA) is 85.1 Å². The number of aromatic nitrogens is 2. The van der Waals surface area contributed by atoms with E-state index in [1.165, 1.54) is 0 Å². The Bertz CT molecular complexity index is 393. The average molecular weight is 265 g/mol. The summed E-state index contributed by atoms with van der Waals surface area (Å²) in [6.45, 7) is 5.63. The standard InChI is InChI=1S/C13H23N5O/c1-2-5-15-11-8-12(18-13(14)17-11)16-9-10-3-6-19-7-4-10/h8,10H,2-7,9H2,1H3,(H4,14,15,16,17,18). The second-order valence-corrected chi connectivity index (χ2v) is 4.86. The third kappa shape index (κ3) is 4.55. The molecule has 0 bridgehead atoms. The molecule has 1 aromatic rings. The molecule has 19 heavy (non-hydrogen) atoms. The van der Waals surface area contributed by atoms with Crippen LogP contribution in [0.2, 0.25) is 0 Å². The van der Waals surface area contributed by atoms with Crippen molar-refractivity contribution in [3.05, 3.63) is 6.07 Å². The van der Waals surface area contributed by atoms with E-state index in [1.54, 1.807) is 0 Å². The van der Waals surface area contributed by atoms with Crippen molar-refractivity contribution in [3.63, 3.8) is 0 Å². The number of nitrogens with two attached hydrogens (primary N) is 1. The molecular formula is C13H23N5O. The van der Waals surface area contributed by atoms with Crippen molar-refractivity contribution in [2.24, 2.45) is 5.92 Å². The summed E-state index contributed by atoms with van der Waals surface area (Å²) in [6.07, 6.45) is 3.26. The fourth-order valence-electron chi connectivity index (χ4n) is 2.10. The number of anilines is 3. The number of hydrogen-bond donors (Lipinski definition) is 3. The molecule has 6 heteroatoms. The van der Waals surface area contributed by atoms with Crippen molar-refractivity contribution in [2.75, 3.05) is 42.7 Å². The molecule has 0 atom stereocenters. The van der Waals surface area contributed by atoms with Crippen molar-refractivity contribution >= 4 is 17.6 Å². The van der Waals surface area contributed by atoms with Gasteiger partial charge in [-0.3, -0.25) is 0 Å². The lowest BCUT2D eigenvalue weighted by Gasteiger charge is -2.22. The third-order valence-electron chi connectivity index (χ3n) is 3.21. The van der Waals surface area contributed by atoms with Gasteiger partial charge >= 0.3 is 0 Å². The van der Waals surface area contributed by atoms with Crippen molar-refractivity contribution in [1.29, 1.82) is 0 Å². The van der Waals surface area contributed by atoms with E-state index in [4.69, 9.17) is 10.5 Å². The predicted octanol–water partition coefficient (Wildman–Crippen LogP) is 1.72. The highest BCUT2D eigenvalue weighted by Crippen LogP contribution is 2.17. The highest BCUT2D eigenvalue weighted by Gasteiger charge is 2.13. The van der Waals surface area contributed by atoms with Crippen molar-refractivity contribution in [1.82, 2.24) is 9.97 Å². The Morgan fingerprint density at radius 3 is 2.63 bits per heavy atom. The Kier molecular flexibility index (Phi) is 5.20. The van der Waals surface area contributed by atoms with Gasteiger partial charge in [0.2, 0.25) is 5.95 Å². The van der Waals surface area contributed by atoms with Gasteiger partial charge in [0.1, 0.15) is 11.6 Å². The maximum Gasteiger partial charge on any atom is 0.223 e. The summed E-state index contributed by atoms with van der Waals surface area (Å²) in [6, 6.07) is 1.91. The van der Waals surface area contributed by atoms with Crippen LogP contribution in [-0.2, 0) is 4.74 Å². The van der Waals surface area contributed by atoms with Crippen LogP contribution in [0, 0.1) is 5.92 Å². The van der Waals surface area contributed by atoms with Crippen LogP contribution in [0.3, 0.4) is 0 Å². The molecule has 1 aliphatic rings. The maximum atomic E-state index is 5.72. The van der Waals surface area contributed by atoms with Gasteiger partial charge in [0.25, 0.3) is 0 Å². The first kappa shape index (κ1) is 13.9. The van der Waals surface area contributed by atoms with Crippen molar-refractivity contribution in [2.45, 2.75) is 26.2 Å². The first-order valence-corrected chi connectivity index (χ1v) is 6.98. The fourth-order valence-corrected chi connectivity index (χ4v) is 2.10. The Labute approximate surface area is 114 Å². The lowest BCUT2D eigenvalue weighted by Crippen LogP contribution is -2.23. The summed E-state index contributed by atoms with van der Waals surface area (Å²) < 4.78 is 5.35. The number of ether oxygens (including phenoxy) is 1. The highest BCUT2D eigenvalue weighted by molar-refractivity contribution is 5.50. The van der Waals surface area contributed by atoms with Crippen LogP contribution in [0.25, 0.3) is 0 Å². The second-order valence-electron chi connectivity index (χ2n) is 4.86. The minimum atomic E-state index is 0.301. The molecule has 0 aliphatic carbocycles. The normalized spacial score (nSPS) is 16.3. The third-order valence-corrected chi connectivity index (χ3v) is 3.21. The molecule has 2 rings (SSSR count). The van der Waals surface area contributed by atoms with Gasteiger partial charge < -0.3 is 21.1 Å². The molecule has 0 radical (unpaired) electrons. The lowest BCUT2D eigenvalue weighted by molar-refractivity contribution is 0.0699. The van der Waals surface area contributed by atoms with E-state index >= 15 is 0 Å². The Morgan fingerprint density at radius 1 is 1.26 bits per heavy atom. The summed E-state index contributed by atoms with van der Waals surface area (Å²) in [5, 5.41) is 6.57. The van der Waals surface area contributed by atoms with Crippen LogP contribution < -0.4 is 16.4 Å². The molecule has 106 valence electrons. The monoisotopic (exact) mass is 265 g/mol. The van der Waals surface area contributed by atoms with Crippen LogP contribution in [0.1, 0.15) is 26.2 Å². The summed E-state index contributed by atoms with van der Waals surface area (Å²) in [7, 11) is 0. The zero-order valence-corrected chi connectivity index (χ0v) is 11.5. The zero-order chi connectivity index (χ0) is 13.5. The minimum Gasteiger partial charge on any atom is -0.381 e. The Morgan fingerprint density at radius 2 is 1.95 bits per heavy atom. The van der Waals surface area contributed by atoms with E-state index in [1.807, 2.05) is 6.07 Å². The van der Waals surface area contributed by atoms with Crippen LogP contribution >= 0.6 is 0 Å². The second kappa shape index (κ2) is 7.13. The smallest absolute Gasteiger partial charge is 0.223 e. The van der Waals surface area contributed by atoms with Gasteiger partial charge in [-0.05, 0) is 25.2 Å². The van der Waals surface area contributed by atoms with E-state index in [0.717, 1.165) is 57.2 Å². The molecule has 2 heterocycles. The summed E-state index contributed by atoms with van der Waals surface area (Å²) in [4.78, 5) is 8.37. The molecule has 4 N–H and O–H groups in total. The SMILES string of the molecule is CCCNc1cc(NCC2CCOCC2)nc(N)n1. The van der Waals surface area contributed by atoms with Crippen LogP contribution in [0.4, 0.5) is 17.6 Å². The number of nitrogens with one attached hydrogen (secondary N) is 2. The fraction of sp³-hybridized carbons (Fsp3) is 0.692. The molecule has 6 nitrogen and oxygen atoms in total. The highest BCUT2D eigenvalue weighted by atomic mass is 16.5. The van der Waals surface area contributed by atoms with E-state index in [-0.39, 0.29) is 0 Å². The predicted molar refractivity (Wildman–Crippen MR) is 77.3 cm³/mol. The number of nitrogen functional groups attached to an aromatic ring is 1. The molecule has 0 saturated carbocycles. The molecule has 1 aliphatic heterocycles. The molecule has 0 unspecified atom stereocenters. The number of nitrogens with zero attached hydrogens (tertiary/aromatic N) is 2. The first-order chi connectivity index (χ1) is 9.28. The lowest BCUT2D eigenvalue weighted by atomic mass is 10.0. The number of rotatable bonds is 6. The van der Waals surface area contributed by atoms with Crippen LogP contribution in [-0.4, -0.2) is 36.3 Å². The van der Waals surface area contributed by atoms with Gasteiger partial charge in [0.05, 0.1) is 0 Å². The van der Waals surface area contributed by atoms with Crippen LogP contribution in [0.15, 0.2) is 6.07 Å². The van der Waals surface area contributed by atoms with E-state index in [2.05, 4.69) is 27.5 Å². The molecule has 0 amide bonds. The van der Waals surface area contributed by atoms with E-state index in [0.29, 0.717) is 11.9 Å². The number of hydrogen-bond acceptors (Lipinski definition) is 6. The summed E-state index contributed by atoms with van der Waals surface area (Å²) in [5.41, 5.74) is 5.72. The van der Waals surface area contributed by atoms with Gasteiger partial charge in [-0.1, -0.05) is 6.92 Å². The van der Waals surface area contributed by atoms with Gasteiger partial charge in [0.15, 0.2) is 0 Å². The zero-order valence-electron chi connectivity index (χ0n) is 11.5. The minimum absolute atomic E-state index is 0.301. The molecule has 0 aromatic carbocycles. The van der Waals surface area contributed by atoms with Gasteiger partial charge in [-0.2, -0.15) is 9.97 Å². The molecule has 0 spiro atoms. The Balaban J connectivity index is 1.89. The average Bonchev–Trinajstić information content (AvgIpc) is 2.43. The van der Waals surface area contributed by atoms with Gasteiger partial charge in [0, 0.05) is 32.4 Å². The maximum absolute atomic E-state index is 5.72. The van der Waals surface area contributed by atoms with Crippen LogP contribution in [0.5, 0.6) is 0 Å². The van der Waals surface area contributed by atoms with Gasteiger partial charge in [-0.25, -0.2) is 0 Å². The largest absolute Gasteiger partial charge is 0.381 e. The molecule has 1 saturated heterocycles. The first-order valence-electron chi connectivity index (χ1n) is 6.98. The molecular weight excluding hydrogens is 242 g/mol. The van der Waals surface area contributed by atoms with Crippen molar-refractivity contribution < 1.29 is 4.74 Å². The van der Waals surface area contributed by atoms with Crippen molar-refractivity contribution in [3.8, 4) is 0 Å². The Hall–Kier alpha value is -1.56. The quantitative estimate of drug-likeness (QED) is 0.726. The van der Waals surface area contributed by atoms with Gasteiger partial charge in [-0.15, -0.1) is 0 Å². The molecule has 1 aromatic heterocycles.